The van der Waals surface area contributed by atoms with Crippen LogP contribution in [0.15, 0.2) is 53.3 Å². The summed E-state index contributed by atoms with van der Waals surface area (Å²) in [5.41, 5.74) is 1.85. The second-order valence-electron chi connectivity index (χ2n) is 9.32. The third kappa shape index (κ3) is 7.31. The number of aromatic nitrogens is 3. The first-order valence-electron chi connectivity index (χ1n) is 12.5. The highest BCUT2D eigenvalue weighted by molar-refractivity contribution is 5.79. The van der Waals surface area contributed by atoms with Crippen molar-refractivity contribution in [1.29, 1.82) is 0 Å². The van der Waals surface area contributed by atoms with Gasteiger partial charge in [-0.25, -0.2) is 14.3 Å². The van der Waals surface area contributed by atoms with Gasteiger partial charge in [0.2, 0.25) is 0 Å². The molecule has 0 aliphatic rings. The topological polar surface area (TPSA) is 84.6 Å². The largest absolute Gasteiger partial charge is 0.476 e. The Hall–Kier alpha value is -3.39. The highest BCUT2D eigenvalue weighted by Crippen LogP contribution is 2.21. The fourth-order valence-electron chi connectivity index (χ4n) is 3.70. The standard InChI is InChI=1S/C28H37N3O5/c1-6-8-16-30-25(29-31(27(30)33)18-22-14-12-21(3)13-15-22)20-34-19-23-10-9-11-24(17-23)36-28(4,5)26(32)35-7-2/h9-15,17H,6-8,16,18-20H2,1-5H3. The maximum absolute atomic E-state index is 13.0. The summed E-state index contributed by atoms with van der Waals surface area (Å²) in [6.45, 7) is 11.1. The van der Waals surface area contributed by atoms with Crippen LogP contribution in [0.5, 0.6) is 5.75 Å². The lowest BCUT2D eigenvalue weighted by Gasteiger charge is -2.24. The number of carbonyl (C=O) groups is 1. The Morgan fingerprint density at radius 1 is 1.03 bits per heavy atom. The minimum Gasteiger partial charge on any atom is -0.476 e. The molecule has 0 fully saturated rings. The van der Waals surface area contributed by atoms with E-state index in [1.165, 1.54) is 10.2 Å². The van der Waals surface area contributed by atoms with Crippen molar-refractivity contribution in [2.45, 2.75) is 79.4 Å². The molecule has 0 spiro atoms. The molecule has 0 N–H and O–H groups in total. The van der Waals surface area contributed by atoms with Crippen LogP contribution >= 0.6 is 0 Å². The number of benzene rings is 2. The van der Waals surface area contributed by atoms with E-state index in [0.29, 0.717) is 37.9 Å². The molecule has 1 heterocycles. The molecule has 0 saturated heterocycles. The molecule has 8 heteroatoms. The zero-order valence-electron chi connectivity index (χ0n) is 22.0. The molecule has 2 aromatic carbocycles. The van der Waals surface area contributed by atoms with Gasteiger partial charge >= 0.3 is 11.7 Å². The maximum Gasteiger partial charge on any atom is 0.349 e. The second-order valence-corrected chi connectivity index (χ2v) is 9.32. The predicted octanol–water partition coefficient (Wildman–Crippen LogP) is 4.64. The molecule has 36 heavy (non-hydrogen) atoms. The Bertz CT molecular complexity index is 1190. The van der Waals surface area contributed by atoms with Crippen LogP contribution in [0.1, 0.15) is 63.1 Å². The SMILES string of the molecule is CCCCn1c(COCc2cccc(OC(C)(C)C(=O)OCC)c2)nn(Cc2ccc(C)cc2)c1=O. The highest BCUT2D eigenvalue weighted by Gasteiger charge is 2.31. The Morgan fingerprint density at radius 3 is 2.47 bits per heavy atom. The van der Waals surface area contributed by atoms with E-state index in [1.54, 1.807) is 31.4 Å². The zero-order valence-corrected chi connectivity index (χ0v) is 22.0. The van der Waals surface area contributed by atoms with Crippen LogP contribution in [0.2, 0.25) is 0 Å². The van der Waals surface area contributed by atoms with Crippen LogP contribution in [0.3, 0.4) is 0 Å². The van der Waals surface area contributed by atoms with Gasteiger partial charge in [-0.3, -0.25) is 4.57 Å². The van der Waals surface area contributed by atoms with Gasteiger partial charge in [0.05, 0.1) is 19.8 Å². The molecule has 0 saturated carbocycles. The molecule has 0 atom stereocenters. The van der Waals surface area contributed by atoms with Crippen LogP contribution in [0.4, 0.5) is 0 Å². The van der Waals surface area contributed by atoms with Crippen molar-refractivity contribution in [2.24, 2.45) is 0 Å². The molecule has 8 nitrogen and oxygen atoms in total. The highest BCUT2D eigenvalue weighted by atomic mass is 16.6. The van der Waals surface area contributed by atoms with Gasteiger partial charge in [0.25, 0.3) is 0 Å². The van der Waals surface area contributed by atoms with Crippen LogP contribution < -0.4 is 10.4 Å². The average molecular weight is 496 g/mol. The molecule has 0 bridgehead atoms. The van der Waals surface area contributed by atoms with E-state index in [-0.39, 0.29) is 12.3 Å². The van der Waals surface area contributed by atoms with Crippen LogP contribution in [-0.2, 0) is 40.6 Å². The summed E-state index contributed by atoms with van der Waals surface area (Å²) in [6.07, 6.45) is 1.86. The van der Waals surface area contributed by atoms with Gasteiger partial charge in [-0.1, -0.05) is 55.3 Å². The second kappa shape index (κ2) is 12.5. The number of carbonyl (C=O) groups excluding carboxylic acids is 1. The minimum absolute atomic E-state index is 0.126. The number of hydrogen-bond donors (Lipinski definition) is 0. The van der Waals surface area contributed by atoms with E-state index in [1.807, 2.05) is 49.4 Å². The summed E-state index contributed by atoms with van der Waals surface area (Å²) in [4.78, 5) is 25.2. The van der Waals surface area contributed by atoms with Crippen LogP contribution in [-0.4, -0.2) is 32.5 Å². The zero-order chi connectivity index (χ0) is 26.1. The number of rotatable bonds is 13. The van der Waals surface area contributed by atoms with Crippen LogP contribution in [0.25, 0.3) is 0 Å². The predicted molar refractivity (Wildman–Crippen MR) is 138 cm³/mol. The third-order valence-corrected chi connectivity index (χ3v) is 5.73. The van der Waals surface area contributed by atoms with Gasteiger partial charge in [0, 0.05) is 6.54 Å². The van der Waals surface area contributed by atoms with Crippen molar-refractivity contribution in [1.82, 2.24) is 14.3 Å². The summed E-state index contributed by atoms with van der Waals surface area (Å²) in [7, 11) is 0. The molecule has 0 unspecified atom stereocenters. The molecule has 0 aliphatic heterocycles. The van der Waals surface area contributed by atoms with Crippen molar-refractivity contribution in [3.63, 3.8) is 0 Å². The number of nitrogens with zero attached hydrogens (tertiary/aromatic N) is 3. The van der Waals surface area contributed by atoms with E-state index in [2.05, 4.69) is 12.0 Å². The van der Waals surface area contributed by atoms with Crippen molar-refractivity contribution in [3.8, 4) is 5.75 Å². The van der Waals surface area contributed by atoms with Gasteiger partial charge < -0.3 is 14.2 Å². The van der Waals surface area contributed by atoms with E-state index in [9.17, 15) is 9.59 Å². The van der Waals surface area contributed by atoms with Crippen molar-refractivity contribution < 1.29 is 19.0 Å². The van der Waals surface area contributed by atoms with Crippen molar-refractivity contribution >= 4 is 5.97 Å². The Morgan fingerprint density at radius 2 is 1.78 bits per heavy atom. The molecule has 0 aliphatic carbocycles. The maximum atomic E-state index is 13.0. The summed E-state index contributed by atoms with van der Waals surface area (Å²) < 4.78 is 20.1. The van der Waals surface area contributed by atoms with Gasteiger partial charge in [-0.15, -0.1) is 0 Å². The van der Waals surface area contributed by atoms with Gasteiger partial charge in [-0.2, -0.15) is 5.10 Å². The fourth-order valence-corrected chi connectivity index (χ4v) is 3.70. The first-order chi connectivity index (χ1) is 17.2. The summed E-state index contributed by atoms with van der Waals surface area (Å²) in [5, 5.41) is 4.58. The summed E-state index contributed by atoms with van der Waals surface area (Å²) in [6, 6.07) is 15.5. The number of aryl methyl sites for hydroxylation is 1. The Balaban J connectivity index is 1.68. The van der Waals surface area contributed by atoms with E-state index >= 15 is 0 Å². The monoisotopic (exact) mass is 495 g/mol. The first-order valence-corrected chi connectivity index (χ1v) is 12.5. The lowest BCUT2D eigenvalue weighted by atomic mass is 10.1. The smallest absolute Gasteiger partial charge is 0.349 e. The normalized spacial score (nSPS) is 11.5. The molecule has 1 aromatic heterocycles. The Labute approximate surface area is 212 Å². The van der Waals surface area contributed by atoms with E-state index in [4.69, 9.17) is 14.2 Å². The number of unbranched alkanes of at least 4 members (excludes halogenated alkanes) is 1. The summed E-state index contributed by atoms with van der Waals surface area (Å²) in [5.74, 6) is 0.741. The lowest BCUT2D eigenvalue weighted by molar-refractivity contribution is -0.158. The Kier molecular flexibility index (Phi) is 9.47. The number of ether oxygens (including phenoxy) is 3. The molecule has 0 radical (unpaired) electrons. The molecule has 194 valence electrons. The number of hydrogen-bond acceptors (Lipinski definition) is 6. The first kappa shape index (κ1) is 27.2. The third-order valence-electron chi connectivity index (χ3n) is 5.73. The molecule has 0 amide bonds. The molecule has 3 aromatic rings. The van der Waals surface area contributed by atoms with E-state index < -0.39 is 11.6 Å². The molecular formula is C28H37N3O5. The van der Waals surface area contributed by atoms with Gasteiger partial charge in [0.1, 0.15) is 12.4 Å². The van der Waals surface area contributed by atoms with Crippen LogP contribution in [0, 0.1) is 6.92 Å². The summed E-state index contributed by atoms with van der Waals surface area (Å²) >= 11 is 0. The number of esters is 1. The van der Waals surface area contributed by atoms with Gasteiger partial charge in [-0.05, 0) is 57.4 Å². The van der Waals surface area contributed by atoms with Crippen molar-refractivity contribution in [3.05, 3.63) is 81.5 Å². The molecular weight excluding hydrogens is 458 g/mol. The molecule has 3 rings (SSSR count). The average Bonchev–Trinajstić information content (AvgIpc) is 3.13. The lowest BCUT2D eigenvalue weighted by Crippen LogP contribution is -2.39. The van der Waals surface area contributed by atoms with Gasteiger partial charge in [0.15, 0.2) is 11.4 Å². The fraction of sp³-hybridized carbons (Fsp3) is 0.464. The minimum atomic E-state index is -1.10. The van der Waals surface area contributed by atoms with E-state index in [0.717, 1.165) is 24.0 Å². The van der Waals surface area contributed by atoms with Crippen molar-refractivity contribution in [2.75, 3.05) is 6.61 Å². The quantitative estimate of drug-likeness (QED) is 0.321.